The van der Waals surface area contributed by atoms with Crippen LogP contribution in [0.3, 0.4) is 0 Å². The molecular formula is C12H26O2S. The molecule has 0 fully saturated rings. The van der Waals surface area contributed by atoms with Gasteiger partial charge >= 0.3 is 0 Å². The van der Waals surface area contributed by atoms with Gasteiger partial charge in [-0.1, -0.05) is 34.6 Å². The highest BCUT2D eigenvalue weighted by Crippen LogP contribution is 2.37. The second kappa shape index (κ2) is 4.44. The van der Waals surface area contributed by atoms with E-state index in [9.17, 15) is 8.42 Å². The van der Waals surface area contributed by atoms with Gasteiger partial charge in [-0.15, -0.1) is 0 Å². The molecule has 2 nitrogen and oxygen atoms in total. The summed E-state index contributed by atoms with van der Waals surface area (Å²) >= 11 is 0. The molecule has 0 aromatic rings. The van der Waals surface area contributed by atoms with Crippen LogP contribution < -0.4 is 0 Å². The predicted octanol–water partition coefficient (Wildman–Crippen LogP) is 3.27. The number of hydrogen-bond acceptors (Lipinski definition) is 2. The zero-order chi connectivity index (χ0) is 12.5. The van der Waals surface area contributed by atoms with Gasteiger partial charge in [0.25, 0.3) is 0 Å². The quantitative estimate of drug-likeness (QED) is 0.748. The van der Waals surface area contributed by atoms with Gasteiger partial charge in [-0.3, -0.25) is 0 Å². The van der Waals surface area contributed by atoms with Crippen molar-refractivity contribution < 1.29 is 8.42 Å². The number of hydrogen-bond donors (Lipinski definition) is 0. The van der Waals surface area contributed by atoms with Gasteiger partial charge in [-0.25, -0.2) is 8.42 Å². The van der Waals surface area contributed by atoms with Crippen LogP contribution in [-0.2, 0) is 9.84 Å². The summed E-state index contributed by atoms with van der Waals surface area (Å²) in [6.07, 6.45) is 0.752. The summed E-state index contributed by atoms with van der Waals surface area (Å²) in [6.45, 7) is 13.7. The smallest absolute Gasteiger partial charge is 0.155 e. The van der Waals surface area contributed by atoms with Crippen molar-refractivity contribution in [3.05, 3.63) is 0 Å². The van der Waals surface area contributed by atoms with Gasteiger partial charge in [0.2, 0.25) is 0 Å². The molecule has 0 bridgehead atoms. The van der Waals surface area contributed by atoms with Crippen molar-refractivity contribution in [3.63, 3.8) is 0 Å². The molecule has 0 aliphatic carbocycles. The van der Waals surface area contributed by atoms with Gasteiger partial charge < -0.3 is 0 Å². The van der Waals surface area contributed by atoms with Gasteiger partial charge in [-0.05, 0) is 31.6 Å². The molecule has 0 N–H and O–H groups in total. The monoisotopic (exact) mass is 234 g/mol. The van der Waals surface area contributed by atoms with Crippen molar-refractivity contribution in [1.82, 2.24) is 0 Å². The van der Waals surface area contributed by atoms with Crippen molar-refractivity contribution in [2.24, 2.45) is 11.3 Å². The normalized spacial score (nSPS) is 14.7. The third-order valence-corrected chi connectivity index (χ3v) is 6.49. The summed E-state index contributed by atoms with van der Waals surface area (Å²) in [6, 6.07) is 0. The maximum Gasteiger partial charge on any atom is 0.155 e. The lowest BCUT2D eigenvalue weighted by molar-refractivity contribution is 0.301. The molecule has 0 aromatic heterocycles. The van der Waals surface area contributed by atoms with Crippen LogP contribution in [0.15, 0.2) is 0 Å². The molecule has 0 heterocycles. The molecule has 0 aliphatic heterocycles. The van der Waals surface area contributed by atoms with E-state index in [1.807, 2.05) is 34.6 Å². The standard InChI is InChI=1S/C12H26O2S/c1-10(2)8-9-15(13,14)12(6,7)11(3,4)5/h10H,8-9H2,1-7H3. The lowest BCUT2D eigenvalue weighted by Gasteiger charge is -2.38. The van der Waals surface area contributed by atoms with Crippen LogP contribution in [0.25, 0.3) is 0 Å². The highest BCUT2D eigenvalue weighted by Gasteiger charge is 2.43. The van der Waals surface area contributed by atoms with Crippen molar-refractivity contribution in [3.8, 4) is 0 Å². The molecule has 0 atom stereocenters. The lowest BCUT2D eigenvalue weighted by atomic mass is 9.83. The third-order valence-electron chi connectivity index (χ3n) is 3.55. The van der Waals surface area contributed by atoms with Crippen LogP contribution >= 0.6 is 0 Å². The second-order valence-electron chi connectivity index (χ2n) is 6.26. The Morgan fingerprint density at radius 3 is 1.67 bits per heavy atom. The van der Waals surface area contributed by atoms with Gasteiger partial charge in [0, 0.05) is 0 Å². The summed E-state index contributed by atoms with van der Waals surface area (Å²) < 4.78 is 23.7. The van der Waals surface area contributed by atoms with E-state index in [-0.39, 0.29) is 5.41 Å². The van der Waals surface area contributed by atoms with Crippen LogP contribution in [0.2, 0.25) is 0 Å². The zero-order valence-electron chi connectivity index (χ0n) is 11.2. The molecule has 0 spiro atoms. The molecule has 0 rings (SSSR count). The topological polar surface area (TPSA) is 34.1 Å². The van der Waals surface area contributed by atoms with Crippen molar-refractivity contribution in [2.75, 3.05) is 5.75 Å². The number of sulfone groups is 1. The Morgan fingerprint density at radius 2 is 1.40 bits per heavy atom. The van der Waals surface area contributed by atoms with Crippen molar-refractivity contribution in [1.29, 1.82) is 0 Å². The molecule has 0 aromatic carbocycles. The molecule has 15 heavy (non-hydrogen) atoms. The van der Waals surface area contributed by atoms with Crippen LogP contribution in [-0.4, -0.2) is 18.9 Å². The Balaban J connectivity index is 4.89. The van der Waals surface area contributed by atoms with Crippen LogP contribution in [0.4, 0.5) is 0 Å². The Kier molecular flexibility index (Phi) is 4.43. The van der Waals surface area contributed by atoms with E-state index in [4.69, 9.17) is 0 Å². The van der Waals surface area contributed by atoms with E-state index in [0.29, 0.717) is 11.7 Å². The average molecular weight is 234 g/mol. The molecule has 0 radical (unpaired) electrons. The average Bonchev–Trinajstić information content (AvgIpc) is 1.98. The van der Waals surface area contributed by atoms with E-state index >= 15 is 0 Å². The summed E-state index contributed by atoms with van der Waals surface area (Å²) in [5, 5.41) is 0. The summed E-state index contributed by atoms with van der Waals surface area (Å²) in [5.74, 6) is 0.741. The highest BCUT2D eigenvalue weighted by atomic mass is 32.2. The first-order valence-electron chi connectivity index (χ1n) is 5.64. The SMILES string of the molecule is CC(C)CCS(=O)(=O)C(C)(C)C(C)(C)C. The minimum absolute atomic E-state index is 0.219. The zero-order valence-corrected chi connectivity index (χ0v) is 12.0. The molecule has 92 valence electrons. The van der Waals surface area contributed by atoms with E-state index in [1.165, 1.54) is 0 Å². The van der Waals surface area contributed by atoms with Gasteiger partial charge in [-0.2, -0.15) is 0 Å². The Bertz CT molecular complexity index is 292. The minimum atomic E-state index is -3.01. The fraction of sp³-hybridized carbons (Fsp3) is 1.00. The second-order valence-corrected chi connectivity index (χ2v) is 8.92. The first kappa shape index (κ1) is 14.9. The Hall–Kier alpha value is -0.0500. The van der Waals surface area contributed by atoms with Crippen LogP contribution in [0.5, 0.6) is 0 Å². The van der Waals surface area contributed by atoms with E-state index < -0.39 is 14.6 Å². The molecule has 0 saturated heterocycles. The molecular weight excluding hydrogens is 208 g/mol. The summed E-state index contributed by atoms with van der Waals surface area (Å²) in [7, 11) is -3.01. The predicted molar refractivity (Wildman–Crippen MR) is 66.8 cm³/mol. The maximum atomic E-state index is 12.2. The van der Waals surface area contributed by atoms with Crippen LogP contribution in [0.1, 0.15) is 54.9 Å². The van der Waals surface area contributed by atoms with E-state index in [1.54, 1.807) is 0 Å². The highest BCUT2D eigenvalue weighted by molar-refractivity contribution is 7.92. The van der Waals surface area contributed by atoms with Crippen molar-refractivity contribution in [2.45, 2.75) is 59.6 Å². The van der Waals surface area contributed by atoms with Gasteiger partial charge in [0.15, 0.2) is 9.84 Å². The van der Waals surface area contributed by atoms with E-state index in [2.05, 4.69) is 13.8 Å². The minimum Gasteiger partial charge on any atom is -0.228 e. The largest absolute Gasteiger partial charge is 0.228 e. The molecule has 0 unspecified atom stereocenters. The Labute approximate surface area is 95.4 Å². The van der Waals surface area contributed by atoms with Gasteiger partial charge in [0.05, 0.1) is 10.5 Å². The summed E-state index contributed by atoms with van der Waals surface area (Å²) in [5.41, 5.74) is -0.219. The lowest BCUT2D eigenvalue weighted by Crippen LogP contribution is -2.45. The first-order chi connectivity index (χ1) is 6.42. The molecule has 0 amide bonds. The molecule has 0 saturated carbocycles. The number of rotatable bonds is 4. The van der Waals surface area contributed by atoms with Crippen LogP contribution in [0, 0.1) is 11.3 Å². The fourth-order valence-electron chi connectivity index (χ4n) is 1.11. The molecule has 3 heteroatoms. The maximum absolute atomic E-state index is 12.2. The fourth-order valence-corrected chi connectivity index (χ4v) is 3.34. The van der Waals surface area contributed by atoms with Crippen molar-refractivity contribution >= 4 is 9.84 Å². The van der Waals surface area contributed by atoms with Gasteiger partial charge in [0.1, 0.15) is 0 Å². The summed E-state index contributed by atoms with van der Waals surface area (Å²) in [4.78, 5) is 0. The Morgan fingerprint density at radius 1 is 1.00 bits per heavy atom. The third kappa shape index (κ3) is 3.47. The molecule has 0 aliphatic rings. The van der Waals surface area contributed by atoms with E-state index in [0.717, 1.165) is 6.42 Å². The first-order valence-corrected chi connectivity index (χ1v) is 7.29.